The van der Waals surface area contributed by atoms with Gasteiger partial charge in [-0.1, -0.05) is 37.3 Å². The Morgan fingerprint density at radius 2 is 1.83 bits per heavy atom. The number of esters is 1. The summed E-state index contributed by atoms with van der Waals surface area (Å²) in [6.07, 6.45) is 0.997. The van der Waals surface area contributed by atoms with Gasteiger partial charge in [0.15, 0.2) is 0 Å². The van der Waals surface area contributed by atoms with Gasteiger partial charge in [-0.15, -0.1) is 0 Å². The molecule has 0 aliphatic carbocycles. The molecule has 0 amide bonds. The molecule has 124 valence electrons. The summed E-state index contributed by atoms with van der Waals surface area (Å²) < 4.78 is 5.08. The van der Waals surface area contributed by atoms with Crippen molar-refractivity contribution in [1.29, 1.82) is 5.26 Å². The van der Waals surface area contributed by atoms with Crippen molar-refractivity contribution in [2.75, 3.05) is 18.1 Å². The first kappa shape index (κ1) is 17.6. The lowest BCUT2D eigenvalue weighted by Gasteiger charge is -2.24. The van der Waals surface area contributed by atoms with Gasteiger partial charge < -0.3 is 9.64 Å². The number of ether oxygens (including phenoxy) is 1. The molecular weight excluding hydrogens is 300 g/mol. The molecule has 24 heavy (non-hydrogen) atoms. The molecule has 2 rings (SSSR count). The maximum Gasteiger partial charge on any atom is 0.325 e. The number of rotatable bonds is 7. The van der Waals surface area contributed by atoms with E-state index >= 15 is 0 Å². The van der Waals surface area contributed by atoms with Crippen LogP contribution in [-0.2, 0) is 22.5 Å². The van der Waals surface area contributed by atoms with E-state index in [9.17, 15) is 4.79 Å². The summed E-state index contributed by atoms with van der Waals surface area (Å²) in [5.41, 5.74) is 3.80. The summed E-state index contributed by atoms with van der Waals surface area (Å²) in [6, 6.07) is 17.8. The Hall–Kier alpha value is -2.80. The number of carbonyl (C=O) groups is 1. The second-order valence-electron chi connectivity index (χ2n) is 5.49. The predicted molar refractivity (Wildman–Crippen MR) is 94.7 cm³/mol. The minimum atomic E-state index is -0.273. The van der Waals surface area contributed by atoms with Crippen molar-refractivity contribution in [3.63, 3.8) is 0 Å². The van der Waals surface area contributed by atoms with Crippen LogP contribution in [-0.4, -0.2) is 19.1 Å². The third-order valence-corrected chi connectivity index (χ3v) is 3.77. The molecule has 0 atom stereocenters. The van der Waals surface area contributed by atoms with Gasteiger partial charge in [-0.25, -0.2) is 0 Å². The van der Waals surface area contributed by atoms with Gasteiger partial charge in [0.25, 0.3) is 0 Å². The van der Waals surface area contributed by atoms with E-state index in [1.54, 1.807) is 19.1 Å². The smallest absolute Gasteiger partial charge is 0.325 e. The molecule has 0 N–H and O–H groups in total. The van der Waals surface area contributed by atoms with E-state index < -0.39 is 0 Å². The predicted octanol–water partition coefficient (Wildman–Crippen LogP) is 3.69. The standard InChI is InChI=1S/C20H22N2O2/c1-3-16-8-10-17(11-9-16)14-22(15-20(23)24-4-2)19-7-5-6-18(12-19)13-21/h5-12H,3-4,14-15H2,1-2H3. The van der Waals surface area contributed by atoms with Gasteiger partial charge in [0.2, 0.25) is 0 Å². The topological polar surface area (TPSA) is 53.3 Å². The summed E-state index contributed by atoms with van der Waals surface area (Å²) >= 11 is 0. The molecule has 4 nitrogen and oxygen atoms in total. The highest BCUT2D eigenvalue weighted by Gasteiger charge is 2.14. The summed E-state index contributed by atoms with van der Waals surface area (Å²) in [5.74, 6) is -0.273. The Morgan fingerprint density at radius 1 is 1.12 bits per heavy atom. The number of nitrogens with zero attached hydrogens (tertiary/aromatic N) is 2. The minimum absolute atomic E-state index is 0.151. The van der Waals surface area contributed by atoms with Gasteiger partial charge in [0, 0.05) is 12.2 Å². The molecule has 0 saturated heterocycles. The second kappa shape index (κ2) is 8.73. The number of carbonyl (C=O) groups excluding carboxylic acids is 1. The molecule has 0 unspecified atom stereocenters. The van der Waals surface area contributed by atoms with Gasteiger partial charge in [0.1, 0.15) is 6.54 Å². The number of hydrogen-bond acceptors (Lipinski definition) is 4. The Morgan fingerprint density at radius 3 is 2.46 bits per heavy atom. The Labute approximate surface area is 143 Å². The molecule has 0 aliphatic rings. The highest BCUT2D eigenvalue weighted by Crippen LogP contribution is 2.19. The monoisotopic (exact) mass is 322 g/mol. The van der Waals surface area contributed by atoms with Gasteiger partial charge >= 0.3 is 5.97 Å². The van der Waals surface area contributed by atoms with Crippen molar-refractivity contribution in [2.24, 2.45) is 0 Å². The minimum Gasteiger partial charge on any atom is -0.465 e. The fourth-order valence-corrected chi connectivity index (χ4v) is 2.47. The van der Waals surface area contributed by atoms with E-state index in [2.05, 4.69) is 37.3 Å². The Balaban J connectivity index is 2.24. The molecule has 2 aromatic rings. The highest BCUT2D eigenvalue weighted by molar-refractivity contribution is 5.76. The van der Waals surface area contributed by atoms with Crippen molar-refractivity contribution in [3.8, 4) is 6.07 Å². The van der Waals surface area contributed by atoms with Gasteiger partial charge in [-0.2, -0.15) is 5.26 Å². The first-order valence-corrected chi connectivity index (χ1v) is 8.14. The molecule has 0 bridgehead atoms. The first-order chi connectivity index (χ1) is 11.7. The molecule has 0 fully saturated rings. The van der Waals surface area contributed by atoms with Gasteiger partial charge in [-0.3, -0.25) is 4.79 Å². The highest BCUT2D eigenvalue weighted by atomic mass is 16.5. The molecule has 0 heterocycles. The van der Waals surface area contributed by atoms with E-state index in [0.29, 0.717) is 18.7 Å². The maximum absolute atomic E-state index is 11.9. The lowest BCUT2D eigenvalue weighted by Crippen LogP contribution is -2.30. The summed E-state index contributed by atoms with van der Waals surface area (Å²) in [4.78, 5) is 13.9. The van der Waals surface area contributed by atoms with Crippen LogP contribution in [0.4, 0.5) is 5.69 Å². The molecule has 2 aromatic carbocycles. The van der Waals surface area contributed by atoms with Gasteiger partial charge in [0.05, 0.1) is 18.2 Å². The fourth-order valence-electron chi connectivity index (χ4n) is 2.47. The Bertz CT molecular complexity index is 717. The second-order valence-corrected chi connectivity index (χ2v) is 5.49. The van der Waals surface area contributed by atoms with Crippen LogP contribution in [0.25, 0.3) is 0 Å². The Kier molecular flexibility index (Phi) is 6.39. The van der Waals surface area contributed by atoms with E-state index in [1.807, 2.05) is 17.0 Å². The lowest BCUT2D eigenvalue weighted by molar-refractivity contribution is -0.141. The number of nitriles is 1. The molecule has 0 spiro atoms. The largest absolute Gasteiger partial charge is 0.465 e. The number of anilines is 1. The van der Waals surface area contributed by atoms with Crippen molar-refractivity contribution in [1.82, 2.24) is 0 Å². The van der Waals surface area contributed by atoms with E-state index in [4.69, 9.17) is 10.00 Å². The summed E-state index contributed by atoms with van der Waals surface area (Å²) in [7, 11) is 0. The zero-order valence-corrected chi connectivity index (χ0v) is 14.2. The lowest BCUT2D eigenvalue weighted by atomic mass is 10.1. The average Bonchev–Trinajstić information content (AvgIpc) is 2.62. The third-order valence-electron chi connectivity index (χ3n) is 3.77. The van der Waals surface area contributed by atoms with Crippen LogP contribution < -0.4 is 4.90 Å². The SMILES string of the molecule is CCOC(=O)CN(Cc1ccc(CC)cc1)c1cccc(C#N)c1. The molecule has 0 aliphatic heterocycles. The average molecular weight is 322 g/mol. The van der Waals surface area contributed by atoms with E-state index in [-0.39, 0.29) is 12.5 Å². The third kappa shape index (κ3) is 4.85. The zero-order valence-electron chi connectivity index (χ0n) is 14.2. The number of aryl methyl sites for hydroxylation is 1. The molecule has 0 aromatic heterocycles. The molecule has 0 radical (unpaired) electrons. The first-order valence-electron chi connectivity index (χ1n) is 8.14. The number of benzene rings is 2. The molecule has 0 saturated carbocycles. The van der Waals surface area contributed by atoms with Crippen molar-refractivity contribution >= 4 is 11.7 Å². The number of hydrogen-bond donors (Lipinski definition) is 0. The van der Waals surface area contributed by atoms with Crippen LogP contribution in [0.2, 0.25) is 0 Å². The van der Waals surface area contributed by atoms with Crippen molar-refractivity contribution < 1.29 is 9.53 Å². The van der Waals surface area contributed by atoms with Crippen LogP contribution in [0.3, 0.4) is 0 Å². The zero-order chi connectivity index (χ0) is 17.4. The maximum atomic E-state index is 11.9. The van der Waals surface area contributed by atoms with Crippen LogP contribution in [0.1, 0.15) is 30.5 Å². The molecule has 4 heteroatoms. The normalized spacial score (nSPS) is 10.0. The van der Waals surface area contributed by atoms with Crippen LogP contribution in [0.5, 0.6) is 0 Å². The van der Waals surface area contributed by atoms with Crippen LogP contribution in [0, 0.1) is 11.3 Å². The van der Waals surface area contributed by atoms with E-state index in [0.717, 1.165) is 17.7 Å². The molecular formula is C20H22N2O2. The quantitative estimate of drug-likeness (QED) is 0.730. The van der Waals surface area contributed by atoms with Crippen LogP contribution in [0.15, 0.2) is 48.5 Å². The van der Waals surface area contributed by atoms with Crippen molar-refractivity contribution in [3.05, 3.63) is 65.2 Å². The van der Waals surface area contributed by atoms with Gasteiger partial charge in [-0.05, 0) is 42.7 Å². The summed E-state index contributed by atoms with van der Waals surface area (Å²) in [5, 5.41) is 9.10. The fraction of sp³-hybridized carbons (Fsp3) is 0.300. The van der Waals surface area contributed by atoms with Crippen LogP contribution >= 0.6 is 0 Å². The van der Waals surface area contributed by atoms with Crippen molar-refractivity contribution in [2.45, 2.75) is 26.8 Å². The summed E-state index contributed by atoms with van der Waals surface area (Å²) in [6.45, 7) is 5.00. The van der Waals surface area contributed by atoms with E-state index in [1.165, 1.54) is 5.56 Å².